The fraction of sp³-hybridized carbons (Fsp3) is 0.333. The Morgan fingerprint density at radius 3 is 2.65 bits per heavy atom. The Balaban J connectivity index is 2.67. The zero-order chi connectivity index (χ0) is 12.6. The van der Waals surface area contributed by atoms with Crippen LogP contribution in [0.3, 0.4) is 0 Å². The zero-order valence-corrected chi connectivity index (χ0v) is 12.0. The minimum atomic E-state index is -0.163. The van der Waals surface area contributed by atoms with E-state index < -0.39 is 0 Å². The van der Waals surface area contributed by atoms with Gasteiger partial charge >= 0.3 is 0 Å². The molecule has 0 aliphatic carbocycles. The fourth-order valence-corrected chi connectivity index (χ4v) is 2.56. The van der Waals surface area contributed by atoms with Gasteiger partial charge in [0.25, 0.3) is 5.56 Å². The molecule has 0 saturated heterocycles. The molecule has 0 aromatic carbocycles. The molecule has 0 aliphatic rings. The maximum Gasteiger partial charge on any atom is 0.264 e. The van der Waals surface area contributed by atoms with Gasteiger partial charge in [-0.2, -0.15) is 0 Å². The topological polar surface area (TPSA) is 58.9 Å². The van der Waals surface area contributed by atoms with Gasteiger partial charge in [-0.1, -0.05) is 20.8 Å². The molecule has 0 aliphatic heterocycles. The smallest absolute Gasteiger partial charge is 0.264 e. The van der Waals surface area contributed by atoms with E-state index in [1.165, 1.54) is 0 Å². The van der Waals surface area contributed by atoms with E-state index in [-0.39, 0.29) is 11.0 Å². The first kappa shape index (κ1) is 12.3. The Morgan fingerprint density at radius 2 is 2.12 bits per heavy atom. The van der Waals surface area contributed by atoms with E-state index >= 15 is 0 Å². The third-order valence-electron chi connectivity index (χ3n) is 2.37. The van der Waals surface area contributed by atoms with Crippen LogP contribution < -0.4 is 5.56 Å². The summed E-state index contributed by atoms with van der Waals surface area (Å²) in [7, 11) is 0. The molecular formula is C12H13IN2O2. The Kier molecular flexibility index (Phi) is 3.11. The number of nitrogens with one attached hydrogen (secondary N) is 1. The van der Waals surface area contributed by atoms with Crippen molar-refractivity contribution in [3.63, 3.8) is 0 Å². The van der Waals surface area contributed by atoms with Crippen molar-refractivity contribution in [3.8, 4) is 11.4 Å². The van der Waals surface area contributed by atoms with E-state index in [2.05, 4.69) is 9.97 Å². The first-order chi connectivity index (χ1) is 7.89. The molecule has 0 amide bonds. The Hall–Kier alpha value is -1.11. The average Bonchev–Trinajstić information content (AvgIpc) is 2.73. The van der Waals surface area contributed by atoms with Crippen LogP contribution in [0.5, 0.6) is 0 Å². The van der Waals surface area contributed by atoms with Crippen molar-refractivity contribution >= 4 is 22.6 Å². The molecule has 0 atom stereocenters. The van der Waals surface area contributed by atoms with Crippen molar-refractivity contribution in [1.82, 2.24) is 9.97 Å². The summed E-state index contributed by atoms with van der Waals surface area (Å²) in [5.41, 5.74) is 1.31. The Bertz CT molecular complexity index is 580. The molecule has 0 fully saturated rings. The molecule has 2 aromatic heterocycles. The highest BCUT2D eigenvalue weighted by Gasteiger charge is 2.22. The minimum absolute atomic E-state index is 0.110. The zero-order valence-electron chi connectivity index (χ0n) is 9.87. The number of halogens is 1. The number of hydrogen-bond donors (Lipinski definition) is 1. The second-order valence-electron chi connectivity index (χ2n) is 4.84. The van der Waals surface area contributed by atoms with Gasteiger partial charge in [0.05, 0.1) is 17.5 Å². The van der Waals surface area contributed by atoms with Gasteiger partial charge in [0, 0.05) is 5.41 Å². The molecule has 0 unspecified atom stereocenters. The summed E-state index contributed by atoms with van der Waals surface area (Å²) in [6.45, 7) is 6.11. The van der Waals surface area contributed by atoms with Crippen LogP contribution in [0.4, 0.5) is 0 Å². The van der Waals surface area contributed by atoms with Crippen molar-refractivity contribution in [2.45, 2.75) is 26.2 Å². The van der Waals surface area contributed by atoms with Gasteiger partial charge in [0.1, 0.15) is 15.7 Å². The van der Waals surface area contributed by atoms with Crippen molar-refractivity contribution in [1.29, 1.82) is 0 Å². The van der Waals surface area contributed by atoms with Crippen LogP contribution in [0.15, 0.2) is 27.8 Å². The second-order valence-corrected chi connectivity index (χ2v) is 5.92. The Labute approximate surface area is 113 Å². The van der Waals surface area contributed by atoms with Crippen LogP contribution in [-0.4, -0.2) is 9.97 Å². The van der Waals surface area contributed by atoms with Crippen molar-refractivity contribution in [3.05, 3.63) is 38.2 Å². The SMILES string of the molecule is CC(C)(C)c1nc(-c2ccoc2)[nH]c(=O)c1I. The number of aromatic amines is 1. The molecule has 0 radical (unpaired) electrons. The molecule has 2 aromatic rings. The molecule has 0 bridgehead atoms. The summed E-state index contributed by atoms with van der Waals surface area (Å²) < 4.78 is 5.64. The van der Waals surface area contributed by atoms with Gasteiger partial charge in [-0.3, -0.25) is 4.79 Å². The number of rotatable bonds is 1. The molecule has 0 spiro atoms. The third kappa shape index (κ3) is 2.43. The maximum absolute atomic E-state index is 11.9. The van der Waals surface area contributed by atoms with Gasteiger partial charge in [-0.25, -0.2) is 4.98 Å². The van der Waals surface area contributed by atoms with Crippen LogP contribution in [0, 0.1) is 3.57 Å². The normalized spacial score (nSPS) is 11.8. The predicted molar refractivity (Wildman–Crippen MR) is 74.0 cm³/mol. The van der Waals surface area contributed by atoms with Gasteiger partial charge in [-0.15, -0.1) is 0 Å². The van der Waals surface area contributed by atoms with E-state index in [4.69, 9.17) is 4.42 Å². The lowest BCUT2D eigenvalue weighted by molar-refractivity contribution is 0.560. The number of hydrogen-bond acceptors (Lipinski definition) is 3. The largest absolute Gasteiger partial charge is 0.472 e. The van der Waals surface area contributed by atoms with Gasteiger partial charge in [-0.05, 0) is 28.7 Å². The maximum atomic E-state index is 11.9. The second kappa shape index (κ2) is 4.29. The molecule has 0 saturated carbocycles. The monoisotopic (exact) mass is 344 g/mol. The van der Waals surface area contributed by atoms with Crippen LogP contribution in [0.25, 0.3) is 11.4 Å². The lowest BCUT2D eigenvalue weighted by Gasteiger charge is -2.19. The van der Waals surface area contributed by atoms with Crippen LogP contribution in [0.2, 0.25) is 0 Å². The number of nitrogens with zero attached hydrogens (tertiary/aromatic N) is 1. The number of aromatic nitrogens is 2. The van der Waals surface area contributed by atoms with Gasteiger partial charge < -0.3 is 9.40 Å². The molecule has 90 valence electrons. The van der Waals surface area contributed by atoms with E-state index in [0.29, 0.717) is 9.39 Å². The molecular weight excluding hydrogens is 331 g/mol. The molecule has 2 rings (SSSR count). The first-order valence-electron chi connectivity index (χ1n) is 5.22. The fourth-order valence-electron chi connectivity index (χ4n) is 1.49. The molecule has 2 heterocycles. The lowest BCUT2D eigenvalue weighted by atomic mass is 9.92. The van der Waals surface area contributed by atoms with E-state index in [1.54, 1.807) is 18.6 Å². The van der Waals surface area contributed by atoms with Crippen LogP contribution >= 0.6 is 22.6 Å². The minimum Gasteiger partial charge on any atom is -0.472 e. The highest BCUT2D eigenvalue weighted by molar-refractivity contribution is 14.1. The van der Waals surface area contributed by atoms with Crippen LogP contribution in [-0.2, 0) is 5.41 Å². The Morgan fingerprint density at radius 1 is 1.41 bits per heavy atom. The highest BCUT2D eigenvalue weighted by Crippen LogP contribution is 2.25. The first-order valence-corrected chi connectivity index (χ1v) is 6.30. The highest BCUT2D eigenvalue weighted by atomic mass is 127. The van der Waals surface area contributed by atoms with Gasteiger partial charge in [0.15, 0.2) is 0 Å². The molecule has 5 heteroatoms. The van der Waals surface area contributed by atoms with E-state index in [9.17, 15) is 4.79 Å². The summed E-state index contributed by atoms with van der Waals surface area (Å²) in [4.78, 5) is 19.1. The van der Waals surface area contributed by atoms with Crippen molar-refractivity contribution < 1.29 is 4.42 Å². The summed E-state index contributed by atoms with van der Waals surface area (Å²) in [6, 6.07) is 1.78. The number of H-pyrrole nitrogens is 1. The summed E-state index contributed by atoms with van der Waals surface area (Å²) in [5.74, 6) is 0.550. The van der Waals surface area contributed by atoms with E-state index in [0.717, 1.165) is 11.3 Å². The predicted octanol–water partition coefficient (Wildman–Crippen LogP) is 2.93. The summed E-state index contributed by atoms with van der Waals surface area (Å²) >= 11 is 2.04. The quantitative estimate of drug-likeness (QED) is 0.810. The standard InChI is InChI=1S/C12H13IN2O2/c1-12(2,3)9-8(13)11(16)15-10(14-9)7-4-5-17-6-7/h4-6H,1-3H3,(H,14,15,16). The number of furan rings is 1. The van der Waals surface area contributed by atoms with Crippen molar-refractivity contribution in [2.75, 3.05) is 0 Å². The molecule has 1 N–H and O–H groups in total. The van der Waals surface area contributed by atoms with Crippen molar-refractivity contribution in [2.24, 2.45) is 0 Å². The molecule has 4 nitrogen and oxygen atoms in total. The lowest BCUT2D eigenvalue weighted by Crippen LogP contribution is -2.24. The summed E-state index contributed by atoms with van der Waals surface area (Å²) in [5, 5.41) is 0. The van der Waals surface area contributed by atoms with Gasteiger partial charge in [0.2, 0.25) is 0 Å². The van der Waals surface area contributed by atoms with E-state index in [1.807, 2.05) is 43.4 Å². The molecule has 17 heavy (non-hydrogen) atoms. The average molecular weight is 344 g/mol. The third-order valence-corrected chi connectivity index (χ3v) is 3.37. The van der Waals surface area contributed by atoms with Crippen LogP contribution in [0.1, 0.15) is 26.5 Å². The summed E-state index contributed by atoms with van der Waals surface area (Å²) in [6.07, 6.45) is 3.13.